The van der Waals surface area contributed by atoms with Crippen molar-refractivity contribution >= 4 is 28.5 Å². The lowest BCUT2D eigenvalue weighted by Crippen LogP contribution is -2.31. The number of anilines is 1. The van der Waals surface area contributed by atoms with Gasteiger partial charge in [-0.1, -0.05) is 6.07 Å². The number of para-hydroxylation sites is 1. The lowest BCUT2D eigenvalue weighted by atomic mass is 9.88. The Labute approximate surface area is 177 Å². The fourth-order valence-electron chi connectivity index (χ4n) is 3.55. The summed E-state index contributed by atoms with van der Waals surface area (Å²) in [6.07, 6.45) is 0.316. The molecule has 1 aliphatic rings. The van der Waals surface area contributed by atoms with Gasteiger partial charge in [-0.05, 0) is 54.4 Å². The molecule has 4 rings (SSSR count). The molecular weight excluding hydrogens is 400 g/mol. The van der Waals surface area contributed by atoms with Crippen LogP contribution in [0.2, 0.25) is 0 Å². The van der Waals surface area contributed by atoms with E-state index >= 15 is 0 Å². The molecule has 1 heterocycles. The maximum atomic E-state index is 11.0. The van der Waals surface area contributed by atoms with Gasteiger partial charge in [-0.15, -0.1) is 0 Å². The van der Waals surface area contributed by atoms with Gasteiger partial charge in [0.25, 0.3) is 11.4 Å². The predicted octanol–water partition coefficient (Wildman–Crippen LogP) is 4.90. The Morgan fingerprint density at radius 1 is 0.935 bits per heavy atom. The fraction of sp³-hybridized carbons (Fsp3) is 0.136. The minimum atomic E-state index is -0.908. The SMILES string of the molecule is CC1(c2ccc([N+](=O)[O-])cc2)CC(c2ccc([N+](=O)[O-])cc2)=Nc2c(N)cccc2O1. The zero-order valence-electron chi connectivity index (χ0n) is 16.5. The summed E-state index contributed by atoms with van der Waals surface area (Å²) < 4.78 is 6.35. The summed E-state index contributed by atoms with van der Waals surface area (Å²) in [5.41, 5.74) is 8.15. The molecule has 9 heteroatoms. The average Bonchev–Trinajstić information content (AvgIpc) is 2.91. The quantitative estimate of drug-likeness (QED) is 0.364. The minimum absolute atomic E-state index is 0.0186. The molecule has 0 aromatic heterocycles. The zero-order valence-corrected chi connectivity index (χ0v) is 16.5. The number of nitrogens with two attached hydrogens (primary N) is 1. The van der Waals surface area contributed by atoms with E-state index in [1.807, 2.05) is 6.92 Å². The topological polar surface area (TPSA) is 134 Å². The molecule has 0 aliphatic carbocycles. The van der Waals surface area contributed by atoms with E-state index in [2.05, 4.69) is 0 Å². The highest BCUT2D eigenvalue weighted by Crippen LogP contribution is 2.44. The zero-order chi connectivity index (χ0) is 22.2. The summed E-state index contributed by atoms with van der Waals surface area (Å²) in [5.74, 6) is 0.484. The summed E-state index contributed by atoms with van der Waals surface area (Å²) in [6.45, 7) is 1.87. The molecular formula is C22H18N4O5. The molecule has 3 aromatic carbocycles. The Morgan fingerprint density at radius 3 is 2.10 bits per heavy atom. The highest BCUT2D eigenvalue weighted by atomic mass is 16.6. The molecule has 9 nitrogen and oxygen atoms in total. The van der Waals surface area contributed by atoms with Gasteiger partial charge in [-0.3, -0.25) is 20.2 Å². The molecule has 2 N–H and O–H groups in total. The van der Waals surface area contributed by atoms with E-state index in [-0.39, 0.29) is 11.4 Å². The van der Waals surface area contributed by atoms with Crippen molar-refractivity contribution in [1.29, 1.82) is 0 Å². The second-order valence-electron chi connectivity index (χ2n) is 7.37. The predicted molar refractivity (Wildman–Crippen MR) is 116 cm³/mol. The molecule has 0 spiro atoms. The Bertz CT molecular complexity index is 1210. The Hall–Kier alpha value is -4.27. The van der Waals surface area contributed by atoms with Crippen LogP contribution >= 0.6 is 0 Å². The first-order valence-corrected chi connectivity index (χ1v) is 9.42. The average molecular weight is 418 g/mol. The number of nitro groups is 2. The molecule has 1 unspecified atom stereocenters. The lowest BCUT2D eigenvalue weighted by Gasteiger charge is -2.30. The van der Waals surface area contributed by atoms with Crippen molar-refractivity contribution in [1.82, 2.24) is 0 Å². The molecule has 0 saturated heterocycles. The number of aliphatic imine (C=N–C) groups is 1. The van der Waals surface area contributed by atoms with Crippen LogP contribution in [-0.2, 0) is 5.60 Å². The van der Waals surface area contributed by atoms with Crippen molar-refractivity contribution in [3.05, 3.63) is 98.1 Å². The molecule has 0 saturated carbocycles. The smallest absolute Gasteiger partial charge is 0.269 e. The van der Waals surface area contributed by atoms with Gasteiger partial charge in [-0.2, -0.15) is 0 Å². The number of benzene rings is 3. The first-order chi connectivity index (χ1) is 14.8. The normalized spacial score (nSPS) is 17.6. The van der Waals surface area contributed by atoms with Crippen molar-refractivity contribution < 1.29 is 14.6 Å². The van der Waals surface area contributed by atoms with Gasteiger partial charge in [0.1, 0.15) is 17.0 Å². The first-order valence-electron chi connectivity index (χ1n) is 9.42. The number of nitrogens with zero attached hydrogens (tertiary/aromatic N) is 3. The third-order valence-corrected chi connectivity index (χ3v) is 5.22. The minimum Gasteiger partial charge on any atom is -0.480 e. The van der Waals surface area contributed by atoms with Gasteiger partial charge in [0.05, 0.1) is 21.2 Å². The van der Waals surface area contributed by atoms with Gasteiger partial charge in [0.2, 0.25) is 0 Å². The number of fused-ring (bicyclic) bond motifs is 1. The third-order valence-electron chi connectivity index (χ3n) is 5.22. The van der Waals surface area contributed by atoms with E-state index in [9.17, 15) is 20.2 Å². The fourth-order valence-corrected chi connectivity index (χ4v) is 3.55. The molecule has 156 valence electrons. The maximum Gasteiger partial charge on any atom is 0.269 e. The largest absolute Gasteiger partial charge is 0.480 e. The molecule has 1 atom stereocenters. The second-order valence-corrected chi connectivity index (χ2v) is 7.37. The van der Waals surface area contributed by atoms with Gasteiger partial charge < -0.3 is 10.5 Å². The monoisotopic (exact) mass is 418 g/mol. The summed E-state index contributed by atoms with van der Waals surface area (Å²) in [6, 6.07) is 17.5. The van der Waals surface area contributed by atoms with Crippen molar-refractivity contribution in [2.45, 2.75) is 18.9 Å². The lowest BCUT2D eigenvalue weighted by molar-refractivity contribution is -0.385. The van der Waals surface area contributed by atoms with Crippen molar-refractivity contribution in [2.75, 3.05) is 5.73 Å². The van der Waals surface area contributed by atoms with E-state index in [4.69, 9.17) is 15.5 Å². The van der Waals surface area contributed by atoms with Crippen LogP contribution in [0.3, 0.4) is 0 Å². The highest BCUT2D eigenvalue weighted by molar-refractivity contribution is 6.04. The number of non-ortho nitro benzene ring substituents is 2. The molecule has 31 heavy (non-hydrogen) atoms. The Morgan fingerprint density at radius 2 is 1.52 bits per heavy atom. The van der Waals surface area contributed by atoms with Crippen molar-refractivity contribution in [3.63, 3.8) is 0 Å². The summed E-state index contributed by atoms with van der Waals surface area (Å²) in [5, 5.41) is 22.0. The number of nitrogen functional groups attached to an aromatic ring is 1. The molecule has 0 radical (unpaired) electrons. The molecule has 3 aromatic rings. The van der Waals surface area contributed by atoms with E-state index < -0.39 is 15.4 Å². The standard InChI is InChI=1S/C22H18N4O5/c1-22(15-7-11-17(12-8-15)26(29)30)13-19(14-5-9-16(10-6-14)25(27)28)24-21-18(23)3-2-4-20(21)31-22/h2-12H,13,23H2,1H3. The number of hydrogen-bond donors (Lipinski definition) is 1. The summed E-state index contributed by atoms with van der Waals surface area (Å²) >= 11 is 0. The van der Waals surface area contributed by atoms with Crippen LogP contribution in [0, 0.1) is 20.2 Å². The molecule has 0 amide bonds. The Kier molecular flexibility index (Phi) is 4.86. The Balaban J connectivity index is 1.83. The van der Waals surface area contributed by atoms with Crippen LogP contribution in [0.25, 0.3) is 0 Å². The van der Waals surface area contributed by atoms with E-state index in [1.54, 1.807) is 42.5 Å². The molecule has 1 aliphatic heterocycles. The number of rotatable bonds is 4. The van der Waals surface area contributed by atoms with Crippen molar-refractivity contribution in [2.24, 2.45) is 4.99 Å². The summed E-state index contributed by atoms with van der Waals surface area (Å²) in [4.78, 5) is 25.9. The van der Waals surface area contributed by atoms with Crippen molar-refractivity contribution in [3.8, 4) is 5.75 Å². The number of nitro benzene ring substituents is 2. The second kappa shape index (κ2) is 7.52. The van der Waals surface area contributed by atoms with Crippen LogP contribution in [-0.4, -0.2) is 15.6 Å². The maximum absolute atomic E-state index is 11.0. The van der Waals surface area contributed by atoms with Crippen LogP contribution in [0.5, 0.6) is 5.75 Å². The highest BCUT2D eigenvalue weighted by Gasteiger charge is 2.35. The van der Waals surface area contributed by atoms with E-state index in [1.165, 1.54) is 24.3 Å². The molecule has 0 fully saturated rings. The van der Waals surface area contributed by atoms with Crippen LogP contribution in [0.15, 0.2) is 71.7 Å². The van der Waals surface area contributed by atoms with Crippen LogP contribution < -0.4 is 10.5 Å². The third kappa shape index (κ3) is 3.80. The van der Waals surface area contributed by atoms with Gasteiger partial charge in [0.15, 0.2) is 0 Å². The van der Waals surface area contributed by atoms with Gasteiger partial charge >= 0.3 is 0 Å². The van der Waals surface area contributed by atoms with Gasteiger partial charge in [-0.25, -0.2) is 4.99 Å². The van der Waals surface area contributed by atoms with E-state index in [0.29, 0.717) is 34.8 Å². The van der Waals surface area contributed by atoms with Crippen LogP contribution in [0.4, 0.5) is 22.7 Å². The van der Waals surface area contributed by atoms with Crippen LogP contribution in [0.1, 0.15) is 24.5 Å². The summed E-state index contributed by atoms with van der Waals surface area (Å²) in [7, 11) is 0. The number of hydrogen-bond acceptors (Lipinski definition) is 7. The first kappa shape index (κ1) is 20.0. The molecule has 0 bridgehead atoms. The van der Waals surface area contributed by atoms with Gasteiger partial charge in [0, 0.05) is 30.7 Å². The van der Waals surface area contributed by atoms with E-state index in [0.717, 1.165) is 5.56 Å². The number of ether oxygens (including phenoxy) is 1.